The van der Waals surface area contributed by atoms with Crippen LogP contribution in [-0.2, 0) is 76.5 Å². The molecule has 7 nitrogen and oxygen atoms in total. The summed E-state index contributed by atoms with van der Waals surface area (Å²) in [6.07, 6.45) is 3.86. The van der Waals surface area contributed by atoms with E-state index < -0.39 is 21.7 Å². The molecular formula is C75H110O7. The zero-order valence-electron chi connectivity index (χ0n) is 56.3. The van der Waals surface area contributed by atoms with E-state index in [4.69, 9.17) is 4.74 Å². The first kappa shape index (κ1) is 67.4. The molecule has 5 N–H and O–H groups in total. The van der Waals surface area contributed by atoms with E-state index in [-0.39, 0.29) is 50.8 Å². The van der Waals surface area contributed by atoms with Crippen molar-refractivity contribution in [1.82, 2.24) is 0 Å². The van der Waals surface area contributed by atoms with Crippen LogP contribution in [-0.4, -0.2) is 38.1 Å². The number of ether oxygens (including phenoxy) is 1. The number of carbonyl (C=O) groups excluding carboxylic acids is 1. The van der Waals surface area contributed by atoms with Gasteiger partial charge in [-0.15, -0.1) is 0 Å². The summed E-state index contributed by atoms with van der Waals surface area (Å²) in [4.78, 5) is 12.1. The third-order valence-electron chi connectivity index (χ3n) is 17.7. The molecule has 0 heterocycles. The van der Waals surface area contributed by atoms with Gasteiger partial charge in [0.2, 0.25) is 0 Å². The number of hydrogen-bond acceptors (Lipinski definition) is 7. The first-order valence-electron chi connectivity index (χ1n) is 30.3. The molecule has 82 heavy (non-hydrogen) atoms. The first-order valence-corrected chi connectivity index (χ1v) is 30.3. The summed E-state index contributed by atoms with van der Waals surface area (Å²) in [5.74, 6) is 1.23. The number of benzene rings is 5. The van der Waals surface area contributed by atoms with Gasteiger partial charge in [-0.3, -0.25) is 4.79 Å². The molecule has 0 atom stereocenters. The Morgan fingerprint density at radius 3 is 0.768 bits per heavy atom. The fraction of sp³-hybridized carbons (Fsp3) is 0.587. The van der Waals surface area contributed by atoms with Crippen LogP contribution in [0.15, 0.2) is 60.7 Å². The monoisotopic (exact) mass is 1120 g/mol. The molecule has 7 heteroatoms. The lowest BCUT2D eigenvalue weighted by molar-refractivity contribution is -0.140. The zero-order valence-corrected chi connectivity index (χ0v) is 56.3. The van der Waals surface area contributed by atoms with Crippen molar-refractivity contribution in [2.24, 2.45) is 0 Å². The highest BCUT2D eigenvalue weighted by molar-refractivity contribution is 5.73. The smallest absolute Gasteiger partial charge is 0.302 e. The maximum atomic E-state index is 12.8. The Kier molecular flexibility index (Phi) is 18.8. The Labute approximate surface area is 497 Å². The van der Waals surface area contributed by atoms with Crippen LogP contribution in [0, 0.1) is 0 Å². The largest absolute Gasteiger partial charge is 0.507 e. The van der Waals surface area contributed by atoms with E-state index in [9.17, 15) is 30.3 Å². The van der Waals surface area contributed by atoms with Crippen molar-refractivity contribution >= 4 is 5.97 Å². The minimum atomic E-state index is -0.544. The number of aromatic hydroxyl groups is 5. The number of hydrogen-bond donors (Lipinski definition) is 5. The van der Waals surface area contributed by atoms with Gasteiger partial charge >= 0.3 is 5.97 Å². The Morgan fingerprint density at radius 1 is 0.317 bits per heavy atom. The van der Waals surface area contributed by atoms with Crippen molar-refractivity contribution in [2.75, 3.05) is 6.61 Å². The van der Waals surface area contributed by atoms with Gasteiger partial charge in [0.05, 0.1) is 6.61 Å². The maximum absolute atomic E-state index is 12.8. The highest BCUT2D eigenvalue weighted by Gasteiger charge is 2.38. The Bertz CT molecular complexity index is 3080. The molecule has 0 amide bonds. The van der Waals surface area contributed by atoms with Gasteiger partial charge in [-0.2, -0.15) is 0 Å². The normalized spacial score (nSPS) is 13.7. The highest BCUT2D eigenvalue weighted by atomic mass is 16.5. The molecule has 0 saturated carbocycles. The van der Waals surface area contributed by atoms with Crippen molar-refractivity contribution in [1.29, 1.82) is 0 Å². The molecule has 5 aromatic carbocycles. The predicted molar refractivity (Wildman–Crippen MR) is 345 cm³/mol. The van der Waals surface area contributed by atoms with Gasteiger partial charge in [0.25, 0.3) is 0 Å². The second-order valence-corrected chi connectivity index (χ2v) is 33.3. The average Bonchev–Trinajstić information content (AvgIpc) is 3.35. The Morgan fingerprint density at radius 2 is 0.512 bits per heavy atom. The molecule has 0 radical (unpaired) electrons. The summed E-state index contributed by atoms with van der Waals surface area (Å²) in [7, 11) is 0. The van der Waals surface area contributed by atoms with Crippen LogP contribution in [0.3, 0.4) is 0 Å². The van der Waals surface area contributed by atoms with Crippen LogP contribution in [0.5, 0.6) is 28.7 Å². The minimum absolute atomic E-state index is 0.214. The van der Waals surface area contributed by atoms with Crippen LogP contribution in [0.25, 0.3) is 11.1 Å². The molecular weight excluding hydrogens is 1010 g/mol. The van der Waals surface area contributed by atoms with Gasteiger partial charge in [-0.25, -0.2) is 0 Å². The molecule has 0 aliphatic heterocycles. The quantitative estimate of drug-likeness (QED) is 0.0623. The van der Waals surface area contributed by atoms with E-state index in [0.717, 1.165) is 83.5 Å². The third-order valence-corrected chi connectivity index (χ3v) is 17.7. The lowest BCUT2D eigenvalue weighted by Crippen LogP contribution is -2.28. The van der Waals surface area contributed by atoms with Crippen LogP contribution in [0.1, 0.15) is 285 Å². The summed E-state index contributed by atoms with van der Waals surface area (Å²) in [5.41, 5.74) is 9.98. The molecule has 0 aliphatic carbocycles. The number of rotatable bonds is 16. The summed E-state index contributed by atoms with van der Waals surface area (Å²) in [6.45, 7) is 57.7. The first-order chi connectivity index (χ1) is 36.8. The maximum Gasteiger partial charge on any atom is 0.302 e. The van der Waals surface area contributed by atoms with Crippen molar-refractivity contribution in [3.63, 3.8) is 0 Å². The fourth-order valence-electron chi connectivity index (χ4n) is 11.9. The number of esters is 1. The van der Waals surface area contributed by atoms with E-state index in [1.807, 2.05) is 0 Å². The number of phenolic OH excluding ortho intramolecular Hbond substituents is 5. The van der Waals surface area contributed by atoms with E-state index in [0.29, 0.717) is 61.5 Å². The van der Waals surface area contributed by atoms with E-state index in [1.54, 1.807) is 0 Å². The van der Waals surface area contributed by atoms with Gasteiger partial charge in [0, 0.05) is 52.3 Å². The molecule has 452 valence electrons. The minimum Gasteiger partial charge on any atom is -0.507 e. The van der Waals surface area contributed by atoms with Gasteiger partial charge < -0.3 is 30.3 Å². The fourth-order valence-corrected chi connectivity index (χ4v) is 11.9. The number of carbonyl (C=O) groups is 1. The zero-order chi connectivity index (χ0) is 62.9. The van der Waals surface area contributed by atoms with E-state index in [2.05, 4.69) is 241 Å². The lowest BCUT2D eigenvalue weighted by atomic mass is 9.68. The molecule has 0 fully saturated rings. The highest BCUT2D eigenvalue weighted by Crippen LogP contribution is 2.51. The molecule has 0 aliphatic rings. The standard InChI is InChI=1S/C75H110O7/c1-45(76)82-33-28-46-35-57(72(20,21)29-30-74(24,25)59-40-48(39-53(63(59)79)68(8,9)10)34-47-37-51(66(2,3)4)61(77)52(38-47)67(5,6)7)65(81)58(36-46)73(22,23)31-32-75(26,27)60-44-50(43-56(64(60)80)71(17,18)19)49-41-54(69(11,12)13)62(78)55(42-49)70(14,15)16/h35-44,77-81H,28-34H2,1-27H3. The van der Waals surface area contributed by atoms with Crippen LogP contribution >= 0.6 is 0 Å². The summed E-state index contributed by atoms with van der Waals surface area (Å²) < 4.78 is 5.51. The second kappa shape index (κ2) is 22.9. The van der Waals surface area contributed by atoms with Gasteiger partial charge in [-0.05, 0) is 155 Å². The van der Waals surface area contributed by atoms with Gasteiger partial charge in [0.1, 0.15) is 28.7 Å². The molecule has 5 rings (SSSR count). The van der Waals surface area contributed by atoms with Crippen LogP contribution < -0.4 is 0 Å². The summed E-state index contributed by atoms with van der Waals surface area (Å²) >= 11 is 0. The van der Waals surface area contributed by atoms with Gasteiger partial charge in [-0.1, -0.05) is 216 Å². The SMILES string of the molecule is CC(=O)OCCc1cc(C(C)(C)CCC(C)(C)c2cc(Cc3cc(C(C)(C)C)c(O)c(C(C)(C)C)c3)cc(C(C)(C)C)c2O)c(O)c(C(C)(C)CCC(C)(C)c2cc(-c3cc(C(C)(C)C)c(O)c(C(C)(C)C)c3)cc(C(C)(C)C)c2O)c1. The van der Waals surface area contributed by atoms with Gasteiger partial charge in [0.15, 0.2) is 0 Å². The Hall–Kier alpha value is -5.43. The lowest BCUT2D eigenvalue weighted by Gasteiger charge is -2.37. The molecule has 0 aromatic heterocycles. The van der Waals surface area contributed by atoms with E-state index in [1.165, 1.54) is 6.92 Å². The van der Waals surface area contributed by atoms with Crippen molar-refractivity contribution in [3.8, 4) is 39.9 Å². The molecule has 0 saturated heterocycles. The van der Waals surface area contributed by atoms with Crippen molar-refractivity contribution in [2.45, 2.75) is 280 Å². The average molecular weight is 1120 g/mol. The third kappa shape index (κ3) is 15.3. The Balaban J connectivity index is 1.58. The van der Waals surface area contributed by atoms with E-state index >= 15 is 0 Å². The summed E-state index contributed by atoms with van der Waals surface area (Å²) in [6, 6.07) is 21.4. The second-order valence-electron chi connectivity index (χ2n) is 33.3. The topological polar surface area (TPSA) is 127 Å². The van der Waals surface area contributed by atoms with Crippen molar-refractivity contribution in [3.05, 3.63) is 133 Å². The molecule has 0 spiro atoms. The van der Waals surface area contributed by atoms with Crippen LogP contribution in [0.2, 0.25) is 0 Å². The van der Waals surface area contributed by atoms with Crippen LogP contribution in [0.4, 0.5) is 0 Å². The predicted octanol–water partition coefficient (Wildman–Crippen LogP) is 19.4. The molecule has 0 unspecified atom stereocenters. The van der Waals surface area contributed by atoms with Crippen molar-refractivity contribution < 1.29 is 35.1 Å². The molecule has 5 aromatic rings. The summed E-state index contributed by atoms with van der Waals surface area (Å²) in [5, 5.41) is 60.8. The number of phenols is 5. The molecule has 0 bridgehead atoms.